The Balaban J connectivity index is 1.58. The Morgan fingerprint density at radius 3 is 2.26 bits per heavy atom. The summed E-state index contributed by atoms with van der Waals surface area (Å²) in [4.78, 5) is 13.2. The van der Waals surface area contributed by atoms with Gasteiger partial charge in [0.15, 0.2) is 0 Å². The summed E-state index contributed by atoms with van der Waals surface area (Å²) in [6.45, 7) is 1.48. The second-order valence-electron chi connectivity index (χ2n) is 7.08. The van der Waals surface area contributed by atoms with Crippen LogP contribution >= 0.6 is 0 Å². The molecule has 2 aromatic carbocycles. The molecule has 1 saturated heterocycles. The van der Waals surface area contributed by atoms with E-state index < -0.39 is 0 Å². The maximum atomic E-state index is 13.2. The second-order valence-corrected chi connectivity index (χ2v) is 7.08. The summed E-state index contributed by atoms with van der Waals surface area (Å²) in [6, 6.07) is 20.1. The fraction of sp³-hybridized carbons (Fsp3) is 0.273. The molecule has 5 heteroatoms. The third kappa shape index (κ3) is 3.78. The molecule has 4 rings (SSSR count). The second kappa shape index (κ2) is 7.76. The zero-order valence-electron chi connectivity index (χ0n) is 15.4. The van der Waals surface area contributed by atoms with Gasteiger partial charge in [-0.25, -0.2) is 0 Å². The smallest absolute Gasteiger partial charge is 0.225 e. The predicted octanol–water partition coefficient (Wildman–Crippen LogP) is 2.63. The molecule has 1 aromatic heterocycles. The summed E-state index contributed by atoms with van der Waals surface area (Å²) in [7, 11) is 1.90. The van der Waals surface area contributed by atoms with Crippen LogP contribution in [0.25, 0.3) is 0 Å². The van der Waals surface area contributed by atoms with Gasteiger partial charge in [0.25, 0.3) is 0 Å². The molecule has 0 aliphatic carbocycles. The van der Waals surface area contributed by atoms with Crippen molar-refractivity contribution in [2.75, 3.05) is 13.1 Å². The average Bonchev–Trinajstić information content (AvgIpc) is 3.36. The van der Waals surface area contributed by atoms with Crippen LogP contribution in [-0.4, -0.2) is 28.8 Å². The van der Waals surface area contributed by atoms with Crippen molar-refractivity contribution >= 4 is 5.91 Å². The van der Waals surface area contributed by atoms with Gasteiger partial charge in [-0.2, -0.15) is 5.10 Å². The molecule has 1 aliphatic rings. The van der Waals surface area contributed by atoms with Gasteiger partial charge in [-0.3, -0.25) is 9.48 Å². The number of carbonyl (C=O) groups excluding carboxylic acids is 1. The van der Waals surface area contributed by atoms with E-state index in [9.17, 15) is 4.79 Å². The zero-order chi connectivity index (χ0) is 18.6. The van der Waals surface area contributed by atoms with Crippen LogP contribution in [0.5, 0.6) is 0 Å². The van der Waals surface area contributed by atoms with Crippen LogP contribution in [0.15, 0.2) is 73.1 Å². The minimum Gasteiger partial charge on any atom is -0.345 e. The van der Waals surface area contributed by atoms with Gasteiger partial charge in [-0.05, 0) is 16.7 Å². The van der Waals surface area contributed by atoms with Crippen molar-refractivity contribution in [3.8, 4) is 0 Å². The molecule has 0 unspecified atom stereocenters. The number of amides is 1. The number of nitrogens with one attached hydrogen (secondary N) is 2. The highest BCUT2D eigenvalue weighted by atomic mass is 16.2. The normalized spacial score (nSPS) is 19.3. The number of aryl methyl sites for hydroxylation is 1. The molecule has 5 nitrogen and oxygen atoms in total. The van der Waals surface area contributed by atoms with E-state index in [1.54, 1.807) is 4.68 Å². The van der Waals surface area contributed by atoms with Crippen LogP contribution in [0.2, 0.25) is 0 Å². The van der Waals surface area contributed by atoms with Crippen LogP contribution in [0.4, 0.5) is 0 Å². The summed E-state index contributed by atoms with van der Waals surface area (Å²) in [6.07, 6.45) is 3.87. The molecule has 2 heterocycles. The standard InChI is InChI=1S/C22H24N4O/c1-26-15-18(12-24-26)19-13-23-14-20(19)22(27)25-21(16-8-4-2-5-9-16)17-10-6-3-7-11-17/h2-12,15,19-21,23H,13-14H2,1H3,(H,25,27)/t19-,20+/m1/s1. The van der Waals surface area contributed by atoms with Crippen molar-refractivity contribution in [2.45, 2.75) is 12.0 Å². The van der Waals surface area contributed by atoms with Gasteiger partial charge in [-0.15, -0.1) is 0 Å². The SMILES string of the molecule is Cn1cc([C@H]2CNC[C@@H]2C(=O)NC(c2ccccc2)c2ccccc2)cn1. The highest BCUT2D eigenvalue weighted by molar-refractivity contribution is 5.81. The van der Waals surface area contributed by atoms with Crippen molar-refractivity contribution in [1.29, 1.82) is 0 Å². The van der Waals surface area contributed by atoms with Crippen LogP contribution < -0.4 is 10.6 Å². The van der Waals surface area contributed by atoms with E-state index in [1.165, 1.54) is 0 Å². The zero-order valence-corrected chi connectivity index (χ0v) is 15.4. The van der Waals surface area contributed by atoms with Crippen molar-refractivity contribution in [2.24, 2.45) is 13.0 Å². The fourth-order valence-electron chi connectivity index (χ4n) is 3.84. The lowest BCUT2D eigenvalue weighted by Crippen LogP contribution is -2.37. The molecule has 0 bridgehead atoms. The first-order valence-corrected chi connectivity index (χ1v) is 9.32. The van der Waals surface area contributed by atoms with Gasteiger partial charge in [-0.1, -0.05) is 60.7 Å². The number of benzene rings is 2. The molecule has 2 N–H and O–H groups in total. The largest absolute Gasteiger partial charge is 0.345 e. The Kier molecular flexibility index (Phi) is 5.03. The number of carbonyl (C=O) groups is 1. The predicted molar refractivity (Wildman–Crippen MR) is 105 cm³/mol. The maximum absolute atomic E-state index is 13.2. The van der Waals surface area contributed by atoms with E-state index in [0.29, 0.717) is 6.54 Å². The van der Waals surface area contributed by atoms with E-state index in [4.69, 9.17) is 0 Å². The molecule has 1 fully saturated rings. The van der Waals surface area contributed by atoms with Gasteiger partial charge in [0.1, 0.15) is 0 Å². The molecule has 0 radical (unpaired) electrons. The van der Waals surface area contributed by atoms with Crippen LogP contribution in [-0.2, 0) is 11.8 Å². The first kappa shape index (κ1) is 17.5. The summed E-state index contributed by atoms with van der Waals surface area (Å²) < 4.78 is 1.79. The molecule has 1 amide bonds. The fourth-order valence-corrected chi connectivity index (χ4v) is 3.84. The third-order valence-electron chi connectivity index (χ3n) is 5.26. The van der Waals surface area contributed by atoms with Gasteiger partial charge < -0.3 is 10.6 Å². The molecule has 1 aliphatic heterocycles. The number of nitrogens with zero attached hydrogens (tertiary/aromatic N) is 2. The first-order valence-electron chi connectivity index (χ1n) is 9.32. The average molecular weight is 360 g/mol. The van der Waals surface area contributed by atoms with Gasteiger partial charge in [0, 0.05) is 32.3 Å². The van der Waals surface area contributed by atoms with E-state index in [-0.39, 0.29) is 23.8 Å². The Bertz CT molecular complexity index is 851. The summed E-state index contributed by atoms with van der Waals surface area (Å²) in [5.74, 6) is 0.113. The van der Waals surface area contributed by atoms with Crippen LogP contribution in [0.1, 0.15) is 28.7 Å². The Morgan fingerprint density at radius 2 is 1.70 bits per heavy atom. The molecule has 2 atom stereocenters. The lowest BCUT2D eigenvalue weighted by atomic mass is 9.89. The monoisotopic (exact) mass is 360 g/mol. The number of hydrogen-bond donors (Lipinski definition) is 2. The summed E-state index contributed by atoms with van der Waals surface area (Å²) >= 11 is 0. The van der Waals surface area contributed by atoms with Crippen LogP contribution in [0, 0.1) is 5.92 Å². The number of aromatic nitrogens is 2. The highest BCUT2D eigenvalue weighted by Gasteiger charge is 2.35. The van der Waals surface area contributed by atoms with Gasteiger partial charge in [0.2, 0.25) is 5.91 Å². The third-order valence-corrected chi connectivity index (χ3v) is 5.26. The minimum atomic E-state index is -0.157. The van der Waals surface area contributed by atoms with E-state index in [1.807, 2.05) is 55.8 Å². The quantitative estimate of drug-likeness (QED) is 0.735. The Morgan fingerprint density at radius 1 is 1.07 bits per heavy atom. The molecule has 27 heavy (non-hydrogen) atoms. The lowest BCUT2D eigenvalue weighted by Gasteiger charge is -2.24. The Hall–Kier alpha value is -2.92. The van der Waals surface area contributed by atoms with Crippen LogP contribution in [0.3, 0.4) is 0 Å². The number of hydrogen-bond acceptors (Lipinski definition) is 3. The lowest BCUT2D eigenvalue weighted by molar-refractivity contribution is -0.125. The molecule has 138 valence electrons. The van der Waals surface area contributed by atoms with Crippen molar-refractivity contribution in [3.63, 3.8) is 0 Å². The Labute approximate surface area is 159 Å². The summed E-state index contributed by atoms with van der Waals surface area (Å²) in [5, 5.41) is 10.9. The minimum absolute atomic E-state index is 0.0755. The van der Waals surface area contributed by atoms with Gasteiger partial charge in [0.05, 0.1) is 18.2 Å². The topological polar surface area (TPSA) is 59.0 Å². The molecule has 0 spiro atoms. The van der Waals surface area contributed by atoms with Crippen molar-refractivity contribution in [1.82, 2.24) is 20.4 Å². The molecule has 3 aromatic rings. The molecular formula is C22H24N4O. The van der Waals surface area contributed by atoms with E-state index in [2.05, 4.69) is 40.0 Å². The van der Waals surface area contributed by atoms with Gasteiger partial charge >= 0.3 is 0 Å². The highest BCUT2D eigenvalue weighted by Crippen LogP contribution is 2.30. The first-order chi connectivity index (χ1) is 13.2. The molecular weight excluding hydrogens is 336 g/mol. The van der Waals surface area contributed by atoms with Crippen molar-refractivity contribution in [3.05, 3.63) is 89.7 Å². The number of rotatable bonds is 5. The van der Waals surface area contributed by atoms with E-state index in [0.717, 1.165) is 23.2 Å². The summed E-state index contributed by atoms with van der Waals surface area (Å²) in [5.41, 5.74) is 3.28. The van der Waals surface area contributed by atoms with Crippen molar-refractivity contribution < 1.29 is 4.79 Å². The maximum Gasteiger partial charge on any atom is 0.225 e. The van der Waals surface area contributed by atoms with E-state index >= 15 is 0 Å². The molecule has 0 saturated carbocycles.